The molecule has 1 aromatic carbocycles. The van der Waals surface area contributed by atoms with Gasteiger partial charge in [-0.1, -0.05) is 20.3 Å². The lowest BCUT2D eigenvalue weighted by atomic mass is 10.1. The molecule has 1 aromatic rings. The van der Waals surface area contributed by atoms with E-state index in [9.17, 15) is 8.42 Å². The molecule has 0 amide bonds. The Bertz CT molecular complexity index is 567. The van der Waals surface area contributed by atoms with Crippen molar-refractivity contribution in [2.24, 2.45) is 0 Å². The highest BCUT2D eigenvalue weighted by molar-refractivity contribution is 7.89. The number of hydrogen-bond acceptors (Lipinski definition) is 3. The predicted molar refractivity (Wildman–Crippen MR) is 86.4 cm³/mol. The van der Waals surface area contributed by atoms with Crippen molar-refractivity contribution >= 4 is 10.0 Å². The Kier molecular flexibility index (Phi) is 6.68. The number of rotatable bonds is 8. The van der Waals surface area contributed by atoms with Crippen LogP contribution in [0.2, 0.25) is 0 Å². The van der Waals surface area contributed by atoms with Gasteiger partial charge in [0, 0.05) is 6.04 Å². The van der Waals surface area contributed by atoms with Crippen LogP contribution in [0.4, 0.5) is 0 Å². The maximum Gasteiger partial charge on any atom is 0.244 e. The first-order chi connectivity index (χ1) is 9.81. The highest BCUT2D eigenvalue weighted by atomic mass is 32.2. The zero-order chi connectivity index (χ0) is 16.0. The van der Waals surface area contributed by atoms with Crippen LogP contribution in [-0.4, -0.2) is 21.1 Å². The van der Waals surface area contributed by atoms with Gasteiger partial charge in [0.1, 0.15) is 10.6 Å². The van der Waals surface area contributed by atoms with Crippen molar-refractivity contribution in [3.8, 4) is 5.75 Å². The Labute approximate surface area is 129 Å². The van der Waals surface area contributed by atoms with Gasteiger partial charge in [0.15, 0.2) is 0 Å². The van der Waals surface area contributed by atoms with Crippen LogP contribution in [0.3, 0.4) is 0 Å². The van der Waals surface area contributed by atoms with Crippen LogP contribution in [0.15, 0.2) is 17.0 Å². The van der Waals surface area contributed by atoms with Crippen molar-refractivity contribution in [1.82, 2.24) is 4.72 Å². The normalized spacial score (nSPS) is 13.2. The van der Waals surface area contributed by atoms with Crippen LogP contribution in [-0.2, 0) is 10.0 Å². The number of benzene rings is 1. The topological polar surface area (TPSA) is 55.4 Å². The molecule has 0 saturated carbocycles. The maximum absolute atomic E-state index is 12.5. The summed E-state index contributed by atoms with van der Waals surface area (Å²) in [4.78, 5) is 0.238. The summed E-state index contributed by atoms with van der Waals surface area (Å²) in [6, 6.07) is 3.41. The number of nitrogens with one attached hydrogen (secondary N) is 1. The van der Waals surface area contributed by atoms with Crippen LogP contribution in [0, 0.1) is 13.8 Å². The van der Waals surface area contributed by atoms with Crippen molar-refractivity contribution in [2.45, 2.75) is 64.8 Å². The van der Waals surface area contributed by atoms with E-state index >= 15 is 0 Å². The highest BCUT2D eigenvalue weighted by Crippen LogP contribution is 2.28. The number of sulfonamides is 1. The van der Waals surface area contributed by atoms with Crippen molar-refractivity contribution < 1.29 is 13.2 Å². The first-order valence-electron chi connectivity index (χ1n) is 7.58. The van der Waals surface area contributed by atoms with Gasteiger partial charge in [0.25, 0.3) is 0 Å². The molecule has 4 nitrogen and oxygen atoms in total. The summed E-state index contributed by atoms with van der Waals surface area (Å²) < 4.78 is 33.4. The molecule has 1 atom stereocenters. The third kappa shape index (κ3) is 5.00. The molecule has 0 aromatic heterocycles. The minimum absolute atomic E-state index is 0.0971. The molecule has 21 heavy (non-hydrogen) atoms. The van der Waals surface area contributed by atoms with Crippen molar-refractivity contribution in [1.29, 1.82) is 0 Å². The average Bonchev–Trinajstić information content (AvgIpc) is 2.41. The van der Waals surface area contributed by atoms with Gasteiger partial charge in [-0.2, -0.15) is 0 Å². The maximum atomic E-state index is 12.5. The van der Waals surface area contributed by atoms with E-state index in [2.05, 4.69) is 11.6 Å². The number of ether oxygens (including phenoxy) is 1. The lowest BCUT2D eigenvalue weighted by Crippen LogP contribution is -2.32. The van der Waals surface area contributed by atoms with Gasteiger partial charge >= 0.3 is 0 Å². The summed E-state index contributed by atoms with van der Waals surface area (Å²) in [7, 11) is -3.55. The Morgan fingerprint density at radius 1 is 1.19 bits per heavy atom. The summed E-state index contributed by atoms with van der Waals surface area (Å²) in [6.45, 7) is 10.3. The molecule has 0 unspecified atom stereocenters. The molecular formula is C16H27NO3S. The molecule has 0 saturated heterocycles. The van der Waals surface area contributed by atoms with Gasteiger partial charge in [0.2, 0.25) is 10.0 Å². The van der Waals surface area contributed by atoms with Gasteiger partial charge in [-0.05, 0) is 56.9 Å². The molecule has 0 spiro atoms. The Balaban J connectivity index is 3.16. The van der Waals surface area contributed by atoms with Crippen LogP contribution >= 0.6 is 0 Å². The van der Waals surface area contributed by atoms with E-state index in [1.54, 1.807) is 6.07 Å². The molecule has 0 bridgehead atoms. The second kappa shape index (κ2) is 7.80. The summed E-state index contributed by atoms with van der Waals surface area (Å²) in [6.07, 6.45) is 2.67. The summed E-state index contributed by atoms with van der Waals surface area (Å²) in [5.74, 6) is 0.447. The summed E-state index contributed by atoms with van der Waals surface area (Å²) >= 11 is 0. The van der Waals surface area contributed by atoms with Crippen LogP contribution in [0.5, 0.6) is 5.75 Å². The molecular weight excluding hydrogens is 286 g/mol. The molecule has 5 heteroatoms. The van der Waals surface area contributed by atoms with Crippen molar-refractivity contribution in [3.63, 3.8) is 0 Å². The first-order valence-corrected chi connectivity index (χ1v) is 9.06. The van der Waals surface area contributed by atoms with Gasteiger partial charge in [-0.25, -0.2) is 13.1 Å². The van der Waals surface area contributed by atoms with Crippen molar-refractivity contribution in [2.75, 3.05) is 6.61 Å². The smallest absolute Gasteiger partial charge is 0.244 e. The van der Waals surface area contributed by atoms with Crippen LogP contribution in [0.25, 0.3) is 0 Å². The van der Waals surface area contributed by atoms with Gasteiger partial charge in [-0.3, -0.25) is 0 Å². The van der Waals surface area contributed by atoms with Crippen LogP contribution < -0.4 is 9.46 Å². The third-order valence-corrected chi connectivity index (χ3v) is 5.18. The lowest BCUT2D eigenvalue weighted by molar-refractivity contribution is 0.301. The SMILES string of the molecule is CCCCOc1cc(C)c(C)cc1S(=O)(=O)N[C@H](C)CC. The fourth-order valence-electron chi connectivity index (χ4n) is 1.82. The van der Waals surface area contributed by atoms with Crippen LogP contribution in [0.1, 0.15) is 51.2 Å². The highest BCUT2D eigenvalue weighted by Gasteiger charge is 2.22. The van der Waals surface area contributed by atoms with E-state index in [1.807, 2.05) is 33.8 Å². The third-order valence-electron chi connectivity index (χ3n) is 3.57. The second-order valence-electron chi connectivity index (χ2n) is 5.52. The average molecular weight is 313 g/mol. The molecule has 0 aliphatic rings. The van der Waals surface area contributed by atoms with Gasteiger partial charge < -0.3 is 4.74 Å². The minimum Gasteiger partial charge on any atom is -0.492 e. The lowest BCUT2D eigenvalue weighted by Gasteiger charge is -2.17. The van der Waals surface area contributed by atoms with Gasteiger partial charge in [0.05, 0.1) is 6.61 Å². The minimum atomic E-state index is -3.55. The fourth-order valence-corrected chi connectivity index (χ4v) is 3.36. The zero-order valence-electron chi connectivity index (χ0n) is 13.7. The van der Waals surface area contributed by atoms with E-state index < -0.39 is 10.0 Å². The Hall–Kier alpha value is -1.07. The molecule has 0 aliphatic carbocycles. The summed E-state index contributed by atoms with van der Waals surface area (Å²) in [5, 5.41) is 0. The van der Waals surface area contributed by atoms with E-state index in [0.717, 1.165) is 30.4 Å². The number of aryl methyl sites for hydroxylation is 2. The second-order valence-corrected chi connectivity index (χ2v) is 7.20. The number of unbranched alkanes of at least 4 members (excludes halogenated alkanes) is 1. The molecule has 1 rings (SSSR count). The summed E-state index contributed by atoms with van der Waals surface area (Å²) in [5.41, 5.74) is 1.98. The largest absolute Gasteiger partial charge is 0.492 e. The standard InChI is InChI=1S/C16H27NO3S/c1-6-8-9-20-15-10-12(3)13(4)11-16(15)21(18,19)17-14(5)7-2/h10-11,14,17H,6-9H2,1-5H3/t14-/m1/s1. The first kappa shape index (κ1) is 18.0. The van der Waals surface area contributed by atoms with Crippen molar-refractivity contribution in [3.05, 3.63) is 23.3 Å². The number of hydrogen-bond donors (Lipinski definition) is 1. The van der Waals surface area contributed by atoms with E-state index in [0.29, 0.717) is 12.4 Å². The monoisotopic (exact) mass is 313 g/mol. The fraction of sp³-hybridized carbons (Fsp3) is 0.625. The Morgan fingerprint density at radius 3 is 2.38 bits per heavy atom. The molecule has 1 N–H and O–H groups in total. The van der Waals surface area contributed by atoms with E-state index in [4.69, 9.17) is 4.74 Å². The zero-order valence-corrected chi connectivity index (χ0v) is 14.5. The molecule has 0 fully saturated rings. The molecule has 0 aliphatic heterocycles. The molecule has 0 heterocycles. The van der Waals surface area contributed by atoms with E-state index in [1.165, 1.54) is 0 Å². The van der Waals surface area contributed by atoms with E-state index in [-0.39, 0.29) is 10.9 Å². The molecule has 0 radical (unpaired) electrons. The predicted octanol–water partition coefficient (Wildman–Crippen LogP) is 3.56. The molecule has 120 valence electrons. The van der Waals surface area contributed by atoms with Gasteiger partial charge in [-0.15, -0.1) is 0 Å². The Morgan fingerprint density at radius 2 is 1.81 bits per heavy atom. The quantitative estimate of drug-likeness (QED) is 0.747.